The first-order chi connectivity index (χ1) is 12.3. The van der Waals surface area contributed by atoms with Crippen LogP contribution in [0.2, 0.25) is 0 Å². The molecule has 0 aromatic heterocycles. The Balaban J connectivity index is 1.75. The van der Waals surface area contributed by atoms with Crippen LogP contribution in [0.1, 0.15) is 30.6 Å². The molecule has 0 spiro atoms. The molecule has 1 N–H and O–H groups in total. The standard InChI is InChI=1S/C18H25N3O4S/c1-13-9-14(2)11-20(10-13)18(23)15-3-5-16(6-4-15)26(24,25)21-8-7-19-17(22)12-21/h3-6,13-14H,7-12H2,1-2H3,(H,19,22)/t13-,14-/m1/s1. The predicted octanol–water partition coefficient (Wildman–Crippen LogP) is 0.925. The largest absolute Gasteiger partial charge is 0.354 e. The van der Waals surface area contributed by atoms with Crippen LogP contribution in [0.25, 0.3) is 0 Å². The van der Waals surface area contributed by atoms with E-state index in [0.717, 1.165) is 23.8 Å². The number of hydrogen-bond donors (Lipinski definition) is 1. The summed E-state index contributed by atoms with van der Waals surface area (Å²) >= 11 is 0. The summed E-state index contributed by atoms with van der Waals surface area (Å²) in [4.78, 5) is 26.1. The SMILES string of the molecule is C[C@@H]1C[C@@H](C)CN(C(=O)c2ccc(S(=O)(=O)N3CCNC(=O)C3)cc2)C1. The molecular weight excluding hydrogens is 354 g/mol. The number of benzene rings is 1. The van der Waals surface area contributed by atoms with Gasteiger partial charge in [-0.2, -0.15) is 4.31 Å². The van der Waals surface area contributed by atoms with Gasteiger partial charge in [0.1, 0.15) is 0 Å². The topological polar surface area (TPSA) is 86.8 Å². The van der Waals surface area contributed by atoms with Crippen LogP contribution in [0.15, 0.2) is 29.2 Å². The van der Waals surface area contributed by atoms with E-state index in [9.17, 15) is 18.0 Å². The average molecular weight is 379 g/mol. The monoisotopic (exact) mass is 379 g/mol. The van der Waals surface area contributed by atoms with Gasteiger partial charge in [0, 0.05) is 31.7 Å². The van der Waals surface area contributed by atoms with Gasteiger partial charge in [0.25, 0.3) is 5.91 Å². The molecule has 0 aliphatic carbocycles. The number of rotatable bonds is 3. The first kappa shape index (κ1) is 18.8. The Labute approximate surface area is 154 Å². The number of piperidine rings is 1. The normalized spacial score (nSPS) is 25.0. The summed E-state index contributed by atoms with van der Waals surface area (Å²) in [5, 5.41) is 2.61. The molecule has 1 aromatic carbocycles. The third-order valence-corrected chi connectivity index (χ3v) is 6.76. The maximum absolute atomic E-state index is 12.7. The van der Waals surface area contributed by atoms with Crippen molar-refractivity contribution in [2.45, 2.75) is 25.2 Å². The minimum absolute atomic E-state index is 0.0651. The highest BCUT2D eigenvalue weighted by atomic mass is 32.2. The zero-order chi connectivity index (χ0) is 18.9. The quantitative estimate of drug-likeness (QED) is 0.846. The van der Waals surface area contributed by atoms with E-state index < -0.39 is 10.0 Å². The highest BCUT2D eigenvalue weighted by Crippen LogP contribution is 2.23. The van der Waals surface area contributed by atoms with Gasteiger partial charge >= 0.3 is 0 Å². The van der Waals surface area contributed by atoms with Crippen molar-refractivity contribution >= 4 is 21.8 Å². The minimum atomic E-state index is -3.73. The number of sulfonamides is 1. The molecule has 142 valence electrons. The molecule has 8 heteroatoms. The van der Waals surface area contributed by atoms with Crippen molar-refractivity contribution in [2.24, 2.45) is 11.8 Å². The smallest absolute Gasteiger partial charge is 0.253 e. The van der Waals surface area contributed by atoms with Crippen LogP contribution < -0.4 is 5.32 Å². The van der Waals surface area contributed by atoms with Crippen LogP contribution in [0, 0.1) is 11.8 Å². The Hall–Kier alpha value is -1.93. The van der Waals surface area contributed by atoms with E-state index in [2.05, 4.69) is 19.2 Å². The maximum atomic E-state index is 12.7. The predicted molar refractivity (Wildman–Crippen MR) is 97.1 cm³/mol. The Kier molecular flexibility index (Phi) is 5.34. The van der Waals surface area contributed by atoms with E-state index in [1.807, 2.05) is 4.90 Å². The fourth-order valence-electron chi connectivity index (χ4n) is 3.75. The fourth-order valence-corrected chi connectivity index (χ4v) is 5.15. The first-order valence-electron chi connectivity index (χ1n) is 8.93. The van der Waals surface area contributed by atoms with Crippen molar-refractivity contribution in [3.63, 3.8) is 0 Å². The molecule has 7 nitrogen and oxygen atoms in total. The van der Waals surface area contributed by atoms with E-state index in [1.54, 1.807) is 12.1 Å². The molecule has 3 rings (SSSR count). The molecule has 1 aromatic rings. The molecule has 2 aliphatic rings. The maximum Gasteiger partial charge on any atom is 0.253 e. The zero-order valence-corrected chi connectivity index (χ0v) is 16.0. The summed E-state index contributed by atoms with van der Waals surface area (Å²) in [6.45, 7) is 6.11. The Bertz CT molecular complexity index is 781. The van der Waals surface area contributed by atoms with Crippen LogP contribution in [0.5, 0.6) is 0 Å². The van der Waals surface area contributed by atoms with E-state index in [1.165, 1.54) is 12.1 Å². The lowest BCUT2D eigenvalue weighted by Crippen LogP contribution is -2.49. The number of likely N-dealkylation sites (tertiary alicyclic amines) is 1. The number of piperazine rings is 1. The van der Waals surface area contributed by atoms with Crippen molar-refractivity contribution in [2.75, 3.05) is 32.7 Å². The Morgan fingerprint density at radius 1 is 1.12 bits per heavy atom. The van der Waals surface area contributed by atoms with Crippen LogP contribution in [-0.4, -0.2) is 62.2 Å². The summed E-state index contributed by atoms with van der Waals surface area (Å²) in [5.74, 6) is 0.560. The number of carbonyl (C=O) groups is 2. The van der Waals surface area contributed by atoms with Crippen LogP contribution in [0.4, 0.5) is 0 Å². The third kappa shape index (κ3) is 3.91. The summed E-state index contributed by atoms with van der Waals surface area (Å²) < 4.78 is 26.5. The van der Waals surface area contributed by atoms with Gasteiger partial charge < -0.3 is 10.2 Å². The molecule has 26 heavy (non-hydrogen) atoms. The van der Waals surface area contributed by atoms with Crippen LogP contribution >= 0.6 is 0 Å². The van der Waals surface area contributed by atoms with Crippen molar-refractivity contribution in [3.8, 4) is 0 Å². The molecule has 0 bridgehead atoms. The highest BCUT2D eigenvalue weighted by molar-refractivity contribution is 7.89. The highest BCUT2D eigenvalue weighted by Gasteiger charge is 2.30. The second-order valence-electron chi connectivity index (χ2n) is 7.37. The van der Waals surface area contributed by atoms with E-state index in [4.69, 9.17) is 0 Å². The molecule has 2 atom stereocenters. The number of amides is 2. The molecule has 0 saturated carbocycles. The lowest BCUT2D eigenvalue weighted by molar-refractivity contribution is -0.122. The van der Waals surface area contributed by atoms with Gasteiger partial charge in [-0.3, -0.25) is 9.59 Å². The number of nitrogens with one attached hydrogen (secondary N) is 1. The van der Waals surface area contributed by atoms with Gasteiger partial charge in [-0.25, -0.2) is 8.42 Å². The average Bonchev–Trinajstić information content (AvgIpc) is 2.60. The number of hydrogen-bond acceptors (Lipinski definition) is 4. The second kappa shape index (κ2) is 7.36. The number of nitrogens with zero attached hydrogens (tertiary/aromatic N) is 2. The molecule has 2 fully saturated rings. The Morgan fingerprint density at radius 2 is 1.73 bits per heavy atom. The molecule has 2 saturated heterocycles. The number of carbonyl (C=O) groups excluding carboxylic acids is 2. The van der Waals surface area contributed by atoms with E-state index >= 15 is 0 Å². The molecular formula is C18H25N3O4S. The fraction of sp³-hybridized carbons (Fsp3) is 0.556. The summed E-state index contributed by atoms with van der Waals surface area (Å²) in [5.41, 5.74) is 0.488. The molecule has 2 heterocycles. The second-order valence-corrected chi connectivity index (χ2v) is 9.31. The lowest BCUT2D eigenvalue weighted by Gasteiger charge is -2.35. The van der Waals surface area contributed by atoms with Crippen LogP contribution in [-0.2, 0) is 14.8 Å². The lowest BCUT2D eigenvalue weighted by atomic mass is 9.91. The van der Waals surface area contributed by atoms with Gasteiger partial charge in [0.05, 0.1) is 11.4 Å². The van der Waals surface area contributed by atoms with Gasteiger partial charge in [-0.1, -0.05) is 13.8 Å². The summed E-state index contributed by atoms with van der Waals surface area (Å²) in [6.07, 6.45) is 1.12. The van der Waals surface area contributed by atoms with Gasteiger partial charge in [-0.05, 0) is 42.5 Å². The van der Waals surface area contributed by atoms with Gasteiger partial charge in [0.15, 0.2) is 0 Å². The van der Waals surface area contributed by atoms with Crippen molar-refractivity contribution in [1.82, 2.24) is 14.5 Å². The Morgan fingerprint density at radius 3 is 2.31 bits per heavy atom. The summed E-state index contributed by atoms with van der Waals surface area (Å²) in [6, 6.07) is 6.02. The van der Waals surface area contributed by atoms with Crippen molar-refractivity contribution in [1.29, 1.82) is 0 Å². The van der Waals surface area contributed by atoms with Gasteiger partial charge in [-0.15, -0.1) is 0 Å². The van der Waals surface area contributed by atoms with Crippen molar-refractivity contribution < 1.29 is 18.0 Å². The van der Waals surface area contributed by atoms with E-state index in [0.29, 0.717) is 23.9 Å². The van der Waals surface area contributed by atoms with Gasteiger partial charge in [0.2, 0.25) is 15.9 Å². The zero-order valence-electron chi connectivity index (χ0n) is 15.1. The summed E-state index contributed by atoms with van der Waals surface area (Å²) in [7, 11) is -3.73. The molecule has 0 unspecified atom stereocenters. The minimum Gasteiger partial charge on any atom is -0.354 e. The molecule has 0 radical (unpaired) electrons. The molecule has 2 amide bonds. The van der Waals surface area contributed by atoms with Crippen LogP contribution in [0.3, 0.4) is 0 Å². The van der Waals surface area contributed by atoms with Crippen molar-refractivity contribution in [3.05, 3.63) is 29.8 Å². The third-order valence-electron chi connectivity index (χ3n) is 4.90. The first-order valence-corrected chi connectivity index (χ1v) is 10.4. The van der Waals surface area contributed by atoms with E-state index in [-0.39, 0.29) is 29.8 Å². The molecule has 2 aliphatic heterocycles.